The van der Waals surface area contributed by atoms with Gasteiger partial charge in [0.25, 0.3) is 0 Å². The number of rotatable bonds is 5. The van der Waals surface area contributed by atoms with Crippen molar-refractivity contribution in [3.8, 4) is 0 Å². The van der Waals surface area contributed by atoms with E-state index in [0.717, 1.165) is 25.7 Å². The minimum atomic E-state index is -3.15. The molecule has 0 radical (unpaired) electrons. The van der Waals surface area contributed by atoms with Gasteiger partial charge in [0.1, 0.15) is 0 Å². The summed E-state index contributed by atoms with van der Waals surface area (Å²) in [4.78, 5) is 0. The maximum atomic E-state index is 11.8. The molecular formula is C11H22ClNO2S. The molecule has 0 aromatic heterocycles. The zero-order chi connectivity index (χ0) is 12.2. The first-order valence-corrected chi connectivity index (χ1v) is 8.19. The Balaban J connectivity index is 2.67. The first-order chi connectivity index (χ1) is 7.43. The van der Waals surface area contributed by atoms with Gasteiger partial charge in [0.2, 0.25) is 10.0 Å². The van der Waals surface area contributed by atoms with Crippen molar-refractivity contribution in [2.45, 2.75) is 51.5 Å². The van der Waals surface area contributed by atoms with Gasteiger partial charge in [0.05, 0.1) is 5.75 Å². The van der Waals surface area contributed by atoms with Crippen molar-refractivity contribution < 1.29 is 8.42 Å². The van der Waals surface area contributed by atoms with Gasteiger partial charge in [0, 0.05) is 11.4 Å². The van der Waals surface area contributed by atoms with Crippen LogP contribution in [-0.2, 0) is 10.0 Å². The summed E-state index contributed by atoms with van der Waals surface area (Å²) in [7, 11) is -3.15. The van der Waals surface area contributed by atoms with Crippen LogP contribution in [0.25, 0.3) is 0 Å². The van der Waals surface area contributed by atoms with Gasteiger partial charge in [-0.1, -0.05) is 13.8 Å². The summed E-state index contributed by atoms with van der Waals surface area (Å²) in [6.45, 7) is 4.08. The van der Waals surface area contributed by atoms with E-state index >= 15 is 0 Å². The summed E-state index contributed by atoms with van der Waals surface area (Å²) >= 11 is 5.96. The van der Waals surface area contributed by atoms with Gasteiger partial charge in [-0.3, -0.25) is 0 Å². The lowest BCUT2D eigenvalue weighted by Crippen LogP contribution is -2.52. The van der Waals surface area contributed by atoms with Crippen molar-refractivity contribution in [3.05, 3.63) is 0 Å². The van der Waals surface area contributed by atoms with E-state index in [4.69, 9.17) is 11.6 Å². The van der Waals surface area contributed by atoms with Gasteiger partial charge in [0.15, 0.2) is 0 Å². The molecule has 5 heteroatoms. The summed E-state index contributed by atoms with van der Waals surface area (Å²) in [5.74, 6) is 1.26. The molecule has 1 rings (SSSR count). The second-order valence-electron chi connectivity index (χ2n) is 5.02. The number of hydrogen-bond donors (Lipinski definition) is 1. The Morgan fingerprint density at radius 2 is 1.94 bits per heavy atom. The van der Waals surface area contributed by atoms with Crippen molar-refractivity contribution >= 4 is 21.6 Å². The van der Waals surface area contributed by atoms with Crippen molar-refractivity contribution in [2.75, 3.05) is 11.6 Å². The Morgan fingerprint density at radius 3 is 2.38 bits per heavy atom. The lowest BCUT2D eigenvalue weighted by atomic mass is 9.79. The summed E-state index contributed by atoms with van der Waals surface area (Å²) in [5.41, 5.74) is -0.387. The molecule has 1 aliphatic carbocycles. The smallest absolute Gasteiger partial charge is 0.212 e. The summed E-state index contributed by atoms with van der Waals surface area (Å²) < 4.78 is 26.4. The Bertz CT molecular complexity index is 308. The summed E-state index contributed by atoms with van der Waals surface area (Å²) in [5, 5.41) is 0. The Morgan fingerprint density at radius 1 is 1.38 bits per heavy atom. The lowest BCUT2D eigenvalue weighted by molar-refractivity contribution is 0.247. The SMILES string of the molecule is CCCS(=O)(=O)NC1(CCl)CCC(C)CC1. The fraction of sp³-hybridized carbons (Fsp3) is 1.00. The highest BCUT2D eigenvalue weighted by molar-refractivity contribution is 7.89. The molecule has 0 aromatic carbocycles. The second kappa shape index (κ2) is 5.69. The maximum Gasteiger partial charge on any atom is 0.212 e. The molecule has 96 valence electrons. The second-order valence-corrected chi connectivity index (χ2v) is 7.13. The molecule has 1 N–H and O–H groups in total. The van der Waals surface area contributed by atoms with Crippen LogP contribution in [0.5, 0.6) is 0 Å². The zero-order valence-electron chi connectivity index (χ0n) is 10.1. The first-order valence-electron chi connectivity index (χ1n) is 6.01. The molecule has 3 nitrogen and oxygen atoms in total. The van der Waals surface area contributed by atoms with E-state index in [0.29, 0.717) is 18.2 Å². The van der Waals surface area contributed by atoms with Crippen molar-refractivity contribution in [1.82, 2.24) is 4.72 Å². The molecule has 0 saturated heterocycles. The minimum absolute atomic E-state index is 0.196. The van der Waals surface area contributed by atoms with Crippen molar-refractivity contribution in [1.29, 1.82) is 0 Å². The van der Waals surface area contributed by atoms with Gasteiger partial charge in [-0.2, -0.15) is 0 Å². The molecule has 0 unspecified atom stereocenters. The van der Waals surface area contributed by atoms with Crippen LogP contribution in [0.4, 0.5) is 0 Å². The maximum absolute atomic E-state index is 11.8. The van der Waals surface area contributed by atoms with E-state index in [2.05, 4.69) is 11.6 Å². The normalized spacial score (nSPS) is 31.6. The number of sulfonamides is 1. The largest absolute Gasteiger partial charge is 0.212 e. The molecule has 0 atom stereocenters. The molecular weight excluding hydrogens is 246 g/mol. The summed E-state index contributed by atoms with van der Waals surface area (Å²) in [6, 6.07) is 0. The van der Waals surface area contributed by atoms with Crippen molar-refractivity contribution in [2.24, 2.45) is 5.92 Å². The minimum Gasteiger partial charge on any atom is -0.212 e. The number of nitrogens with one attached hydrogen (secondary N) is 1. The molecule has 0 spiro atoms. The molecule has 1 aliphatic rings. The average molecular weight is 268 g/mol. The fourth-order valence-electron chi connectivity index (χ4n) is 2.23. The van der Waals surface area contributed by atoms with Gasteiger partial charge < -0.3 is 0 Å². The van der Waals surface area contributed by atoms with Crippen LogP contribution in [0.15, 0.2) is 0 Å². The van der Waals surface area contributed by atoms with Crippen LogP contribution in [0.2, 0.25) is 0 Å². The van der Waals surface area contributed by atoms with Crippen LogP contribution >= 0.6 is 11.6 Å². The highest BCUT2D eigenvalue weighted by Crippen LogP contribution is 2.33. The highest BCUT2D eigenvalue weighted by Gasteiger charge is 2.36. The molecule has 1 saturated carbocycles. The molecule has 0 amide bonds. The molecule has 16 heavy (non-hydrogen) atoms. The third-order valence-corrected chi connectivity index (χ3v) is 5.53. The molecule has 0 aromatic rings. The molecule has 0 heterocycles. The standard InChI is InChI=1S/C11H22ClNO2S/c1-3-8-16(14,15)13-11(9-12)6-4-10(2)5-7-11/h10,13H,3-9H2,1-2H3. The third kappa shape index (κ3) is 3.90. The van der Waals surface area contributed by atoms with Crippen molar-refractivity contribution in [3.63, 3.8) is 0 Å². The first kappa shape index (κ1) is 14.3. The monoisotopic (exact) mass is 267 g/mol. The third-order valence-electron chi connectivity index (χ3n) is 3.33. The van der Waals surface area contributed by atoms with Gasteiger partial charge in [-0.05, 0) is 38.0 Å². The van der Waals surface area contributed by atoms with Gasteiger partial charge >= 0.3 is 0 Å². The van der Waals surface area contributed by atoms with Crippen LogP contribution in [0, 0.1) is 5.92 Å². The van der Waals surface area contributed by atoms with E-state index in [9.17, 15) is 8.42 Å². The van der Waals surface area contributed by atoms with E-state index < -0.39 is 10.0 Å². The van der Waals surface area contributed by atoms with Gasteiger partial charge in [-0.15, -0.1) is 11.6 Å². The topological polar surface area (TPSA) is 46.2 Å². The number of hydrogen-bond acceptors (Lipinski definition) is 2. The summed E-state index contributed by atoms with van der Waals surface area (Å²) in [6.07, 6.45) is 4.48. The zero-order valence-corrected chi connectivity index (χ0v) is 11.7. The molecule has 0 bridgehead atoms. The van der Waals surface area contributed by atoms with Crippen LogP contribution in [0.1, 0.15) is 46.0 Å². The van der Waals surface area contributed by atoms with Crippen LogP contribution in [0.3, 0.4) is 0 Å². The van der Waals surface area contributed by atoms with Gasteiger partial charge in [-0.25, -0.2) is 13.1 Å². The number of alkyl halides is 1. The predicted molar refractivity (Wildman–Crippen MR) is 68.3 cm³/mol. The Labute approximate surface area is 104 Å². The molecule has 0 aliphatic heterocycles. The van der Waals surface area contributed by atoms with E-state index in [1.807, 2.05) is 6.92 Å². The quantitative estimate of drug-likeness (QED) is 0.778. The predicted octanol–water partition coefficient (Wildman–Crippen LogP) is 2.50. The van der Waals surface area contributed by atoms with E-state index in [1.54, 1.807) is 0 Å². The Kier molecular flexibility index (Phi) is 5.08. The lowest BCUT2D eigenvalue weighted by Gasteiger charge is -2.38. The van der Waals surface area contributed by atoms with Crippen LogP contribution < -0.4 is 4.72 Å². The Hall–Kier alpha value is 0.200. The van der Waals surface area contributed by atoms with E-state index in [1.165, 1.54) is 0 Å². The fourth-order valence-corrected chi connectivity index (χ4v) is 4.22. The average Bonchev–Trinajstić information content (AvgIpc) is 2.21. The molecule has 1 fully saturated rings. The highest BCUT2D eigenvalue weighted by atomic mass is 35.5. The number of halogens is 1. The van der Waals surface area contributed by atoms with Crippen LogP contribution in [-0.4, -0.2) is 25.6 Å². The van der Waals surface area contributed by atoms with E-state index in [-0.39, 0.29) is 11.3 Å².